The third-order valence-corrected chi connectivity index (χ3v) is 2.95. The zero-order valence-corrected chi connectivity index (χ0v) is 10.6. The molecule has 0 aliphatic carbocycles. The molecule has 1 aromatic carbocycles. The normalized spacial score (nSPS) is 9.83. The smallest absolute Gasteiger partial charge is 0.274 e. The SMILES string of the molecule is N=C(N)NC(=N)SCc1ccc(Cl)cc1[N+](=O)[O-]. The lowest BCUT2D eigenvalue weighted by atomic mass is 10.2. The highest BCUT2D eigenvalue weighted by atomic mass is 35.5. The van der Waals surface area contributed by atoms with E-state index >= 15 is 0 Å². The summed E-state index contributed by atoms with van der Waals surface area (Å²) in [6.07, 6.45) is 0. The molecule has 0 aromatic heterocycles. The molecule has 1 aromatic rings. The number of benzene rings is 1. The summed E-state index contributed by atoms with van der Waals surface area (Å²) < 4.78 is 0. The minimum Gasteiger partial charge on any atom is -0.370 e. The number of rotatable bonds is 3. The van der Waals surface area contributed by atoms with Gasteiger partial charge in [-0.05, 0) is 12.1 Å². The molecule has 0 saturated carbocycles. The van der Waals surface area contributed by atoms with Gasteiger partial charge >= 0.3 is 0 Å². The molecule has 96 valence electrons. The van der Waals surface area contributed by atoms with Gasteiger partial charge in [-0.2, -0.15) is 0 Å². The van der Waals surface area contributed by atoms with E-state index in [1.54, 1.807) is 6.07 Å². The minimum atomic E-state index is -0.524. The molecule has 0 bridgehead atoms. The van der Waals surface area contributed by atoms with E-state index < -0.39 is 4.92 Å². The van der Waals surface area contributed by atoms with E-state index in [4.69, 9.17) is 28.2 Å². The van der Waals surface area contributed by atoms with Crippen LogP contribution in [0.5, 0.6) is 0 Å². The third-order valence-electron chi connectivity index (χ3n) is 1.86. The van der Waals surface area contributed by atoms with Gasteiger partial charge in [0.2, 0.25) is 0 Å². The summed E-state index contributed by atoms with van der Waals surface area (Å²) in [6.45, 7) is 0. The fraction of sp³-hybridized carbons (Fsp3) is 0.111. The molecule has 0 amide bonds. The number of nitrogens with two attached hydrogens (primary N) is 1. The van der Waals surface area contributed by atoms with Gasteiger partial charge in [0, 0.05) is 22.4 Å². The first-order valence-corrected chi connectivity index (χ1v) is 6.01. The highest BCUT2D eigenvalue weighted by Gasteiger charge is 2.14. The summed E-state index contributed by atoms with van der Waals surface area (Å²) in [7, 11) is 0. The number of thioether (sulfide) groups is 1. The minimum absolute atomic E-state index is 0.0493. The summed E-state index contributed by atoms with van der Waals surface area (Å²) in [4.78, 5) is 10.3. The van der Waals surface area contributed by atoms with Crippen LogP contribution in [-0.2, 0) is 5.75 Å². The zero-order valence-electron chi connectivity index (χ0n) is 9.07. The van der Waals surface area contributed by atoms with E-state index in [1.807, 2.05) is 0 Å². The van der Waals surface area contributed by atoms with Gasteiger partial charge in [-0.1, -0.05) is 23.4 Å². The molecular formula is C9H10ClN5O2S. The van der Waals surface area contributed by atoms with Crippen molar-refractivity contribution in [3.8, 4) is 0 Å². The van der Waals surface area contributed by atoms with Crippen molar-refractivity contribution in [1.29, 1.82) is 10.8 Å². The average Bonchev–Trinajstić information content (AvgIpc) is 2.26. The van der Waals surface area contributed by atoms with Gasteiger partial charge < -0.3 is 11.1 Å². The molecule has 0 atom stereocenters. The average molecular weight is 288 g/mol. The monoisotopic (exact) mass is 287 g/mol. The predicted molar refractivity (Wildman–Crippen MR) is 72.2 cm³/mol. The second-order valence-electron chi connectivity index (χ2n) is 3.19. The van der Waals surface area contributed by atoms with E-state index in [0.29, 0.717) is 5.56 Å². The maximum atomic E-state index is 10.8. The summed E-state index contributed by atoms with van der Waals surface area (Å²) in [5.74, 6) is -0.134. The zero-order chi connectivity index (χ0) is 13.7. The Morgan fingerprint density at radius 3 is 2.78 bits per heavy atom. The van der Waals surface area contributed by atoms with Gasteiger partial charge in [-0.3, -0.25) is 20.9 Å². The van der Waals surface area contributed by atoms with Crippen LogP contribution in [0.3, 0.4) is 0 Å². The van der Waals surface area contributed by atoms with Gasteiger partial charge in [0.05, 0.1) is 4.92 Å². The van der Waals surface area contributed by atoms with E-state index in [1.165, 1.54) is 12.1 Å². The molecule has 0 saturated heterocycles. The molecule has 0 heterocycles. The molecule has 5 N–H and O–H groups in total. The Kier molecular flexibility index (Phi) is 4.93. The number of hydrogen-bond donors (Lipinski definition) is 4. The van der Waals surface area contributed by atoms with Gasteiger partial charge in [-0.15, -0.1) is 0 Å². The highest BCUT2D eigenvalue weighted by Crippen LogP contribution is 2.26. The van der Waals surface area contributed by atoms with Crippen molar-refractivity contribution in [2.24, 2.45) is 5.73 Å². The first-order chi connectivity index (χ1) is 8.40. The largest absolute Gasteiger partial charge is 0.370 e. The van der Waals surface area contributed by atoms with Crippen LogP contribution in [-0.4, -0.2) is 16.1 Å². The lowest BCUT2D eigenvalue weighted by molar-refractivity contribution is -0.385. The molecule has 0 aliphatic rings. The summed E-state index contributed by atoms with van der Waals surface area (Å²) >= 11 is 6.68. The first kappa shape index (κ1) is 14.3. The van der Waals surface area contributed by atoms with Gasteiger partial charge in [0.25, 0.3) is 5.69 Å². The number of nitro groups is 1. The van der Waals surface area contributed by atoms with Crippen LogP contribution in [0.1, 0.15) is 5.56 Å². The van der Waals surface area contributed by atoms with Crippen molar-refractivity contribution in [3.05, 3.63) is 38.9 Å². The molecule has 1 rings (SSSR count). The summed E-state index contributed by atoms with van der Waals surface area (Å²) in [5, 5.41) is 27.7. The van der Waals surface area contributed by atoms with Crippen LogP contribution in [0.4, 0.5) is 5.69 Å². The van der Waals surface area contributed by atoms with Gasteiger partial charge in [-0.25, -0.2) is 0 Å². The molecule has 0 aliphatic heterocycles. The molecule has 0 fully saturated rings. The number of guanidine groups is 1. The third kappa shape index (κ3) is 4.22. The van der Waals surface area contributed by atoms with E-state index in [0.717, 1.165) is 11.8 Å². The molecule has 18 heavy (non-hydrogen) atoms. The Balaban J connectivity index is 2.76. The summed E-state index contributed by atoms with van der Waals surface area (Å²) in [5.41, 5.74) is 5.41. The van der Waals surface area contributed by atoms with Crippen molar-refractivity contribution in [2.75, 3.05) is 0 Å². The molecule has 9 heteroatoms. The maximum absolute atomic E-state index is 10.8. The van der Waals surface area contributed by atoms with Gasteiger partial charge in [0.15, 0.2) is 11.1 Å². The van der Waals surface area contributed by atoms with Crippen LogP contribution in [0, 0.1) is 20.9 Å². The van der Waals surface area contributed by atoms with Crippen molar-refractivity contribution >= 4 is 40.2 Å². The lowest BCUT2D eigenvalue weighted by Gasteiger charge is -2.06. The van der Waals surface area contributed by atoms with E-state index in [-0.39, 0.29) is 27.6 Å². The number of nitrogens with zero attached hydrogens (tertiary/aromatic N) is 1. The van der Waals surface area contributed by atoms with E-state index in [9.17, 15) is 10.1 Å². The lowest BCUT2D eigenvalue weighted by Crippen LogP contribution is -2.33. The molecular weight excluding hydrogens is 278 g/mol. The van der Waals surface area contributed by atoms with E-state index in [2.05, 4.69) is 5.32 Å². The maximum Gasteiger partial charge on any atom is 0.274 e. The Bertz CT molecular complexity index is 508. The fourth-order valence-electron chi connectivity index (χ4n) is 1.14. The standard InChI is InChI=1S/C9H10ClN5O2S/c10-6-2-1-5(7(3-6)15(16)17)4-18-9(13)14-8(11)12/h1-3H,4H2,(H5,11,12,13,14). The highest BCUT2D eigenvalue weighted by molar-refractivity contribution is 8.13. The molecule has 0 radical (unpaired) electrons. The van der Waals surface area contributed by atoms with Crippen LogP contribution in [0.2, 0.25) is 5.02 Å². The summed E-state index contributed by atoms with van der Waals surface area (Å²) in [6, 6.07) is 4.35. The Morgan fingerprint density at radius 1 is 1.56 bits per heavy atom. The Morgan fingerprint density at radius 2 is 2.22 bits per heavy atom. The van der Waals surface area contributed by atoms with Crippen molar-refractivity contribution in [2.45, 2.75) is 5.75 Å². The molecule has 0 spiro atoms. The topological polar surface area (TPSA) is 129 Å². The molecule has 7 nitrogen and oxygen atoms in total. The van der Waals surface area contributed by atoms with Crippen LogP contribution < -0.4 is 11.1 Å². The van der Waals surface area contributed by atoms with Gasteiger partial charge in [0.1, 0.15) is 0 Å². The number of nitro benzene ring substituents is 1. The number of halogens is 1. The number of hydrogen-bond acceptors (Lipinski definition) is 5. The van der Waals surface area contributed by atoms with Crippen LogP contribution in [0.25, 0.3) is 0 Å². The van der Waals surface area contributed by atoms with Crippen molar-refractivity contribution in [3.63, 3.8) is 0 Å². The van der Waals surface area contributed by atoms with Crippen molar-refractivity contribution in [1.82, 2.24) is 5.32 Å². The van der Waals surface area contributed by atoms with Crippen LogP contribution >= 0.6 is 23.4 Å². The number of nitrogens with one attached hydrogen (secondary N) is 3. The second-order valence-corrected chi connectivity index (χ2v) is 4.61. The Hall–Kier alpha value is -1.80. The fourth-order valence-corrected chi connectivity index (χ4v) is 2.03. The second kappa shape index (κ2) is 6.22. The predicted octanol–water partition coefficient (Wildman–Crippen LogP) is 1.90. The first-order valence-electron chi connectivity index (χ1n) is 4.65. The van der Waals surface area contributed by atoms with Crippen LogP contribution in [0.15, 0.2) is 18.2 Å². The van der Waals surface area contributed by atoms with Crippen molar-refractivity contribution < 1.29 is 4.92 Å². The molecule has 0 unspecified atom stereocenters. The Labute approximate surface area is 112 Å². The quantitative estimate of drug-likeness (QED) is 0.292. The number of amidine groups is 1.